The number of hydrogen-bond acceptors (Lipinski definition) is 8. The summed E-state index contributed by atoms with van der Waals surface area (Å²) in [5.41, 5.74) is 0. The monoisotopic (exact) mass is 456 g/mol. The molecule has 8 heteroatoms. The predicted octanol–water partition coefficient (Wildman–Crippen LogP) is 5.24. The number of thioether (sulfide) groups is 2. The van der Waals surface area contributed by atoms with Crippen LogP contribution in [0.15, 0.2) is 10.3 Å². The van der Waals surface area contributed by atoms with Crippen LogP contribution in [0.3, 0.4) is 0 Å². The summed E-state index contributed by atoms with van der Waals surface area (Å²) in [5.74, 6) is 5.04. The molecule has 30 heavy (non-hydrogen) atoms. The molecule has 1 aromatic rings. The Morgan fingerprint density at radius 1 is 0.633 bits per heavy atom. The van der Waals surface area contributed by atoms with Gasteiger partial charge in [0.25, 0.3) is 0 Å². The van der Waals surface area contributed by atoms with Crippen LogP contribution in [0.4, 0.5) is 5.95 Å². The number of hydrogen-bond donors (Lipinski definition) is 1. The Morgan fingerprint density at radius 2 is 0.967 bits per heavy atom. The number of nitrogens with zero attached hydrogens (tertiary/aromatic N) is 5. The smallest absolute Gasteiger partial charge is 0.227 e. The lowest BCUT2D eigenvalue weighted by Crippen LogP contribution is -2.31. The fraction of sp³-hybridized carbons (Fsp3) is 0.864. The van der Waals surface area contributed by atoms with Crippen LogP contribution in [0.5, 0.6) is 0 Å². The number of rotatable bonds is 15. The molecule has 0 aromatic carbocycles. The van der Waals surface area contributed by atoms with Gasteiger partial charge in [0.15, 0.2) is 10.3 Å². The second-order valence-electron chi connectivity index (χ2n) is 9.67. The molecule has 0 amide bonds. The van der Waals surface area contributed by atoms with Gasteiger partial charge in [-0.3, -0.25) is 9.80 Å². The molecular formula is C22H44N6S2. The first-order chi connectivity index (χ1) is 14.1. The van der Waals surface area contributed by atoms with E-state index >= 15 is 0 Å². The van der Waals surface area contributed by atoms with Gasteiger partial charge in [-0.05, 0) is 23.7 Å². The maximum Gasteiger partial charge on any atom is 0.227 e. The van der Waals surface area contributed by atoms with Crippen LogP contribution in [0.25, 0.3) is 0 Å². The van der Waals surface area contributed by atoms with Gasteiger partial charge in [0.1, 0.15) is 0 Å². The molecular weight excluding hydrogens is 412 g/mol. The van der Waals surface area contributed by atoms with Crippen LogP contribution >= 0.6 is 23.5 Å². The zero-order valence-electron chi connectivity index (χ0n) is 20.6. The van der Waals surface area contributed by atoms with Gasteiger partial charge in [-0.25, -0.2) is 0 Å². The second kappa shape index (κ2) is 14.5. The SMILES string of the molecule is CNc1nc(SCN(CC(C)C)CC(C)C)nc(SCN(CC(C)C)CC(C)C)n1. The Bertz CT molecular complexity index is 529. The highest BCUT2D eigenvalue weighted by Crippen LogP contribution is 2.23. The Balaban J connectivity index is 2.81. The Labute approximate surface area is 193 Å². The summed E-state index contributed by atoms with van der Waals surface area (Å²) in [5, 5.41) is 4.70. The Morgan fingerprint density at radius 3 is 1.23 bits per heavy atom. The van der Waals surface area contributed by atoms with Crippen LogP contribution in [-0.4, -0.2) is 69.7 Å². The zero-order chi connectivity index (χ0) is 22.7. The van der Waals surface area contributed by atoms with E-state index in [0.717, 1.165) is 48.2 Å². The molecule has 1 rings (SSSR count). The fourth-order valence-corrected chi connectivity index (χ4v) is 4.98. The highest BCUT2D eigenvalue weighted by Gasteiger charge is 2.15. The van der Waals surface area contributed by atoms with E-state index in [1.807, 2.05) is 7.05 Å². The van der Waals surface area contributed by atoms with Crippen LogP contribution in [-0.2, 0) is 0 Å². The highest BCUT2D eigenvalue weighted by molar-refractivity contribution is 7.99. The molecule has 0 saturated heterocycles. The first-order valence-corrected chi connectivity index (χ1v) is 13.2. The third-order valence-electron chi connectivity index (χ3n) is 4.06. The van der Waals surface area contributed by atoms with E-state index in [-0.39, 0.29) is 0 Å². The standard InChI is InChI=1S/C22H44N6S2/c1-16(2)10-27(11-17(3)4)14-29-21-24-20(23-9)25-22(26-21)30-15-28(12-18(5)6)13-19(7)8/h16-19H,10-15H2,1-9H3,(H,23,24,25,26). The second-order valence-corrected chi connectivity index (χ2v) is 11.5. The largest absolute Gasteiger partial charge is 0.357 e. The van der Waals surface area contributed by atoms with Crippen LogP contribution in [0, 0.1) is 23.7 Å². The van der Waals surface area contributed by atoms with Crippen molar-refractivity contribution in [1.29, 1.82) is 0 Å². The van der Waals surface area contributed by atoms with Crippen molar-refractivity contribution in [3.63, 3.8) is 0 Å². The first-order valence-electron chi connectivity index (χ1n) is 11.2. The molecule has 1 N–H and O–H groups in total. The normalized spacial score (nSPS) is 12.4. The molecule has 0 spiro atoms. The van der Waals surface area contributed by atoms with Crippen molar-refractivity contribution >= 4 is 29.5 Å². The van der Waals surface area contributed by atoms with E-state index in [2.05, 4.69) is 80.5 Å². The van der Waals surface area contributed by atoms with Crippen molar-refractivity contribution in [3.8, 4) is 0 Å². The van der Waals surface area contributed by atoms with Crippen molar-refractivity contribution < 1.29 is 0 Å². The lowest BCUT2D eigenvalue weighted by Gasteiger charge is -2.25. The third-order valence-corrected chi connectivity index (χ3v) is 5.93. The van der Waals surface area contributed by atoms with Gasteiger partial charge < -0.3 is 5.32 Å². The summed E-state index contributed by atoms with van der Waals surface area (Å²) in [6, 6.07) is 0. The van der Waals surface area contributed by atoms with E-state index < -0.39 is 0 Å². The molecule has 0 bridgehead atoms. The summed E-state index contributed by atoms with van der Waals surface area (Å²) in [6.45, 7) is 22.6. The molecule has 0 radical (unpaired) electrons. The van der Waals surface area contributed by atoms with Crippen LogP contribution in [0.2, 0.25) is 0 Å². The van der Waals surface area contributed by atoms with Gasteiger partial charge in [0.2, 0.25) is 5.95 Å². The summed E-state index contributed by atoms with van der Waals surface area (Å²) in [6.07, 6.45) is 0. The zero-order valence-corrected chi connectivity index (χ0v) is 22.2. The van der Waals surface area contributed by atoms with E-state index in [0.29, 0.717) is 29.6 Å². The van der Waals surface area contributed by atoms with Crippen molar-refractivity contribution in [2.75, 3.05) is 50.3 Å². The van der Waals surface area contributed by atoms with Gasteiger partial charge in [-0.15, -0.1) is 0 Å². The van der Waals surface area contributed by atoms with E-state index in [1.54, 1.807) is 23.5 Å². The van der Waals surface area contributed by atoms with Gasteiger partial charge in [0.05, 0.1) is 11.8 Å². The molecule has 0 aliphatic carbocycles. The number of nitrogens with one attached hydrogen (secondary N) is 1. The van der Waals surface area contributed by atoms with Gasteiger partial charge >= 0.3 is 0 Å². The molecule has 0 fully saturated rings. The fourth-order valence-electron chi connectivity index (χ4n) is 3.30. The molecule has 0 aliphatic heterocycles. The predicted molar refractivity (Wildman–Crippen MR) is 133 cm³/mol. The molecule has 1 heterocycles. The number of anilines is 1. The van der Waals surface area contributed by atoms with Gasteiger partial charge in [-0.1, -0.05) is 78.9 Å². The first kappa shape index (κ1) is 27.5. The summed E-state index contributed by atoms with van der Waals surface area (Å²) in [7, 11) is 1.87. The lowest BCUT2D eigenvalue weighted by atomic mass is 10.1. The quantitative estimate of drug-likeness (QED) is 0.284. The summed E-state index contributed by atoms with van der Waals surface area (Å²) < 4.78 is 0. The summed E-state index contributed by atoms with van der Waals surface area (Å²) in [4.78, 5) is 18.9. The molecule has 0 saturated carbocycles. The molecule has 0 atom stereocenters. The minimum Gasteiger partial charge on any atom is -0.357 e. The maximum atomic E-state index is 4.75. The van der Waals surface area contributed by atoms with Crippen LogP contribution in [0.1, 0.15) is 55.4 Å². The van der Waals surface area contributed by atoms with Crippen molar-refractivity contribution in [3.05, 3.63) is 0 Å². The van der Waals surface area contributed by atoms with E-state index in [4.69, 9.17) is 4.98 Å². The van der Waals surface area contributed by atoms with Crippen molar-refractivity contribution in [1.82, 2.24) is 24.8 Å². The van der Waals surface area contributed by atoms with E-state index in [9.17, 15) is 0 Å². The van der Waals surface area contributed by atoms with Gasteiger partial charge in [0, 0.05) is 33.2 Å². The third kappa shape index (κ3) is 12.3. The Kier molecular flexibility index (Phi) is 13.3. The molecule has 1 aromatic heterocycles. The average molecular weight is 457 g/mol. The summed E-state index contributed by atoms with van der Waals surface area (Å²) >= 11 is 3.42. The van der Waals surface area contributed by atoms with E-state index in [1.165, 1.54) is 0 Å². The lowest BCUT2D eigenvalue weighted by molar-refractivity contribution is 0.255. The molecule has 174 valence electrons. The van der Waals surface area contributed by atoms with Crippen LogP contribution < -0.4 is 5.32 Å². The topological polar surface area (TPSA) is 57.2 Å². The minimum atomic E-state index is 0.647. The molecule has 6 nitrogen and oxygen atoms in total. The van der Waals surface area contributed by atoms with Crippen molar-refractivity contribution in [2.24, 2.45) is 23.7 Å². The molecule has 0 unspecified atom stereocenters. The maximum absolute atomic E-state index is 4.75. The Hall–Kier alpha value is -0.570. The van der Waals surface area contributed by atoms with Gasteiger partial charge in [-0.2, -0.15) is 15.0 Å². The molecule has 0 aliphatic rings. The average Bonchev–Trinajstić information content (AvgIpc) is 2.62. The minimum absolute atomic E-state index is 0.647. The number of aromatic nitrogens is 3. The van der Waals surface area contributed by atoms with Crippen molar-refractivity contribution in [2.45, 2.75) is 65.7 Å². The highest BCUT2D eigenvalue weighted by atomic mass is 32.2.